The minimum atomic E-state index is -0.788. The standard InChI is InChI=1S/C21H24O7/c1-12-8-15(23)11-20(27-12)28-19-10-16(24)9-18(26)21(19)17(25)7-4-13-2-5-14(22)6-3-13/h2-3,5-6,9-10,12,15,20,22-24,26H,4,7-8,11H2,1H3. The topological polar surface area (TPSA) is 116 Å². The third kappa shape index (κ3) is 4.94. The van der Waals surface area contributed by atoms with Crippen LogP contribution in [0.4, 0.5) is 0 Å². The summed E-state index contributed by atoms with van der Waals surface area (Å²) in [5.74, 6) is -0.822. The molecule has 1 saturated heterocycles. The second-order valence-electron chi connectivity index (χ2n) is 7.05. The van der Waals surface area contributed by atoms with Crippen molar-refractivity contribution in [3.63, 3.8) is 0 Å². The zero-order valence-electron chi connectivity index (χ0n) is 15.5. The Kier molecular flexibility index (Phi) is 6.06. The smallest absolute Gasteiger partial charge is 0.202 e. The molecule has 7 heteroatoms. The van der Waals surface area contributed by atoms with Gasteiger partial charge in [-0.2, -0.15) is 0 Å². The molecule has 2 aromatic carbocycles. The van der Waals surface area contributed by atoms with E-state index in [2.05, 4.69) is 0 Å². The van der Waals surface area contributed by atoms with Gasteiger partial charge in [0.15, 0.2) is 5.78 Å². The van der Waals surface area contributed by atoms with E-state index in [0.29, 0.717) is 12.8 Å². The third-order valence-corrected chi connectivity index (χ3v) is 4.63. The lowest BCUT2D eigenvalue weighted by atomic mass is 10.0. The average molecular weight is 388 g/mol. The minimum Gasteiger partial charge on any atom is -0.508 e. The summed E-state index contributed by atoms with van der Waals surface area (Å²) in [5.41, 5.74) is 0.826. The molecule has 1 fully saturated rings. The first kappa shape index (κ1) is 20.0. The first-order valence-corrected chi connectivity index (χ1v) is 9.19. The minimum absolute atomic E-state index is 0.0134. The van der Waals surface area contributed by atoms with Crippen LogP contribution in [0.15, 0.2) is 36.4 Å². The predicted octanol–water partition coefficient (Wildman–Crippen LogP) is 2.88. The van der Waals surface area contributed by atoms with Gasteiger partial charge in [-0.3, -0.25) is 4.79 Å². The van der Waals surface area contributed by atoms with Crippen LogP contribution >= 0.6 is 0 Å². The van der Waals surface area contributed by atoms with E-state index in [1.165, 1.54) is 6.07 Å². The summed E-state index contributed by atoms with van der Waals surface area (Å²) in [6.07, 6.45) is -0.366. The fraction of sp³-hybridized carbons (Fsp3) is 0.381. The van der Waals surface area contributed by atoms with Crippen LogP contribution in [0.3, 0.4) is 0 Å². The van der Waals surface area contributed by atoms with E-state index in [0.717, 1.165) is 11.6 Å². The highest BCUT2D eigenvalue weighted by Crippen LogP contribution is 2.36. The number of hydrogen-bond donors (Lipinski definition) is 4. The lowest BCUT2D eigenvalue weighted by molar-refractivity contribution is -0.170. The van der Waals surface area contributed by atoms with E-state index in [9.17, 15) is 25.2 Å². The number of phenolic OH excluding ortho intramolecular Hbond substituents is 3. The van der Waals surface area contributed by atoms with Gasteiger partial charge in [0.1, 0.15) is 28.6 Å². The number of benzene rings is 2. The van der Waals surface area contributed by atoms with Gasteiger partial charge in [-0.15, -0.1) is 0 Å². The number of ether oxygens (including phenoxy) is 2. The van der Waals surface area contributed by atoms with Crippen molar-refractivity contribution < 1.29 is 34.7 Å². The normalized spacial score (nSPS) is 22.0. The van der Waals surface area contributed by atoms with Crippen LogP contribution in [0.25, 0.3) is 0 Å². The Balaban J connectivity index is 1.77. The van der Waals surface area contributed by atoms with Gasteiger partial charge in [0.25, 0.3) is 0 Å². The van der Waals surface area contributed by atoms with Crippen LogP contribution in [0.2, 0.25) is 0 Å². The molecule has 2 aromatic rings. The Morgan fingerprint density at radius 1 is 1.11 bits per heavy atom. The monoisotopic (exact) mass is 388 g/mol. The van der Waals surface area contributed by atoms with Crippen molar-refractivity contribution in [1.82, 2.24) is 0 Å². The zero-order valence-corrected chi connectivity index (χ0v) is 15.5. The molecule has 1 aliphatic rings. The van der Waals surface area contributed by atoms with E-state index in [-0.39, 0.29) is 53.3 Å². The van der Waals surface area contributed by atoms with Crippen molar-refractivity contribution in [1.29, 1.82) is 0 Å². The second-order valence-corrected chi connectivity index (χ2v) is 7.05. The summed E-state index contributed by atoms with van der Waals surface area (Å²) in [6.45, 7) is 1.81. The lowest BCUT2D eigenvalue weighted by Crippen LogP contribution is -2.37. The maximum atomic E-state index is 12.7. The molecule has 0 saturated carbocycles. The maximum Gasteiger partial charge on any atom is 0.202 e. The fourth-order valence-corrected chi connectivity index (χ4v) is 3.29. The predicted molar refractivity (Wildman–Crippen MR) is 101 cm³/mol. The lowest BCUT2D eigenvalue weighted by Gasteiger charge is -2.31. The number of carbonyl (C=O) groups is 1. The summed E-state index contributed by atoms with van der Waals surface area (Å²) < 4.78 is 11.4. The first-order valence-electron chi connectivity index (χ1n) is 9.19. The van der Waals surface area contributed by atoms with Crippen LogP contribution in [-0.2, 0) is 11.2 Å². The van der Waals surface area contributed by atoms with Crippen LogP contribution in [-0.4, -0.2) is 44.7 Å². The number of ketones is 1. The van der Waals surface area contributed by atoms with Crippen molar-refractivity contribution in [3.8, 4) is 23.0 Å². The van der Waals surface area contributed by atoms with Crippen LogP contribution in [0, 0.1) is 0 Å². The van der Waals surface area contributed by atoms with Gasteiger partial charge in [-0.1, -0.05) is 12.1 Å². The molecule has 0 spiro atoms. The summed E-state index contributed by atoms with van der Waals surface area (Å²) in [6, 6.07) is 8.85. The Hall–Kier alpha value is -2.77. The Morgan fingerprint density at radius 3 is 2.50 bits per heavy atom. The van der Waals surface area contributed by atoms with Crippen LogP contribution < -0.4 is 4.74 Å². The van der Waals surface area contributed by atoms with E-state index in [4.69, 9.17) is 9.47 Å². The van der Waals surface area contributed by atoms with Crippen LogP contribution in [0.1, 0.15) is 42.1 Å². The molecule has 0 bridgehead atoms. The van der Waals surface area contributed by atoms with Crippen molar-refractivity contribution in [3.05, 3.63) is 47.5 Å². The summed E-state index contributed by atoms with van der Waals surface area (Å²) in [7, 11) is 0. The number of carbonyl (C=O) groups excluding carboxylic acids is 1. The Morgan fingerprint density at radius 2 is 1.82 bits per heavy atom. The van der Waals surface area contributed by atoms with Gasteiger partial charge in [-0.05, 0) is 37.5 Å². The number of aliphatic hydroxyl groups is 1. The van der Waals surface area contributed by atoms with Gasteiger partial charge >= 0.3 is 0 Å². The second kappa shape index (κ2) is 8.50. The number of phenols is 3. The van der Waals surface area contributed by atoms with E-state index >= 15 is 0 Å². The molecule has 1 heterocycles. The Labute approximate surface area is 162 Å². The zero-order chi connectivity index (χ0) is 20.3. The third-order valence-electron chi connectivity index (χ3n) is 4.63. The number of hydrogen-bond acceptors (Lipinski definition) is 7. The van der Waals surface area contributed by atoms with Gasteiger partial charge < -0.3 is 29.9 Å². The summed E-state index contributed by atoms with van der Waals surface area (Å²) in [5, 5.41) is 39.3. The molecule has 1 aliphatic heterocycles. The summed E-state index contributed by atoms with van der Waals surface area (Å²) >= 11 is 0. The highest BCUT2D eigenvalue weighted by molar-refractivity contribution is 6.01. The molecule has 0 amide bonds. The SMILES string of the molecule is CC1CC(O)CC(Oc2cc(O)cc(O)c2C(=O)CCc2ccc(O)cc2)O1. The molecule has 0 aliphatic carbocycles. The molecule has 3 unspecified atom stereocenters. The number of Topliss-reactive ketones (excluding diaryl/α,β-unsaturated/α-hetero) is 1. The fourth-order valence-electron chi connectivity index (χ4n) is 3.29. The maximum absolute atomic E-state index is 12.7. The quantitative estimate of drug-likeness (QED) is 0.562. The van der Waals surface area contributed by atoms with Gasteiger partial charge in [0, 0.05) is 25.0 Å². The number of rotatable bonds is 6. The molecule has 7 nitrogen and oxygen atoms in total. The average Bonchev–Trinajstić information content (AvgIpc) is 2.59. The summed E-state index contributed by atoms with van der Waals surface area (Å²) in [4.78, 5) is 12.7. The molecule has 3 rings (SSSR count). The first-order chi connectivity index (χ1) is 13.3. The largest absolute Gasteiger partial charge is 0.508 e. The molecular weight excluding hydrogens is 364 g/mol. The van der Waals surface area contributed by atoms with E-state index < -0.39 is 12.4 Å². The molecular formula is C21H24O7. The molecule has 0 aromatic heterocycles. The van der Waals surface area contributed by atoms with Crippen molar-refractivity contribution in [2.24, 2.45) is 0 Å². The van der Waals surface area contributed by atoms with Gasteiger partial charge in [0.05, 0.1) is 12.2 Å². The number of aryl methyl sites for hydroxylation is 1. The molecule has 150 valence electrons. The van der Waals surface area contributed by atoms with Crippen LogP contribution in [0.5, 0.6) is 23.0 Å². The van der Waals surface area contributed by atoms with E-state index in [1.807, 2.05) is 6.92 Å². The molecule has 28 heavy (non-hydrogen) atoms. The highest BCUT2D eigenvalue weighted by Gasteiger charge is 2.29. The van der Waals surface area contributed by atoms with Crippen molar-refractivity contribution in [2.75, 3.05) is 0 Å². The molecule has 0 radical (unpaired) electrons. The molecule has 4 N–H and O–H groups in total. The Bertz CT molecular complexity index is 821. The number of aromatic hydroxyl groups is 3. The van der Waals surface area contributed by atoms with Crippen molar-refractivity contribution in [2.45, 2.75) is 51.1 Å². The van der Waals surface area contributed by atoms with Gasteiger partial charge in [0.2, 0.25) is 6.29 Å². The van der Waals surface area contributed by atoms with Crippen molar-refractivity contribution >= 4 is 5.78 Å². The molecule has 3 atom stereocenters. The number of aliphatic hydroxyl groups excluding tert-OH is 1. The highest BCUT2D eigenvalue weighted by atomic mass is 16.7. The van der Waals surface area contributed by atoms with Gasteiger partial charge in [-0.25, -0.2) is 0 Å². The van der Waals surface area contributed by atoms with E-state index in [1.54, 1.807) is 24.3 Å².